The normalized spacial score (nSPS) is 12.8. The fourth-order valence-electron chi connectivity index (χ4n) is 1.13. The van der Waals surface area contributed by atoms with Crippen molar-refractivity contribution < 1.29 is 9.94 Å². The summed E-state index contributed by atoms with van der Waals surface area (Å²) in [6.07, 6.45) is 0. The molecule has 1 aromatic carbocycles. The molecule has 0 unspecified atom stereocenters. The number of hydroxylamine groups is 1. The Labute approximate surface area is 104 Å². The summed E-state index contributed by atoms with van der Waals surface area (Å²) in [5.41, 5.74) is 3.77. The van der Waals surface area contributed by atoms with E-state index in [2.05, 4.69) is 36.7 Å². The summed E-state index contributed by atoms with van der Waals surface area (Å²) in [6.45, 7) is 9.87. The lowest BCUT2D eigenvalue weighted by atomic mass is 9.90. The highest BCUT2D eigenvalue weighted by atomic mass is 16.7. The van der Waals surface area contributed by atoms with E-state index in [4.69, 9.17) is 4.84 Å². The second kappa shape index (κ2) is 5.17. The van der Waals surface area contributed by atoms with E-state index in [-0.39, 0.29) is 0 Å². The summed E-state index contributed by atoms with van der Waals surface area (Å²) >= 11 is 0. The third kappa shape index (κ3) is 4.11. The molecule has 1 aromatic rings. The average molecular weight is 237 g/mol. The molecule has 0 aliphatic rings. The van der Waals surface area contributed by atoms with Crippen molar-refractivity contribution in [1.82, 2.24) is 5.48 Å². The van der Waals surface area contributed by atoms with Gasteiger partial charge in [0.15, 0.2) is 0 Å². The minimum Gasteiger partial charge on any atom is -0.387 e. The Morgan fingerprint density at radius 1 is 1.12 bits per heavy atom. The fourth-order valence-corrected chi connectivity index (χ4v) is 1.13. The third-order valence-corrected chi connectivity index (χ3v) is 3.20. The topological polar surface area (TPSA) is 41.5 Å². The number of hydrogen-bond donors (Lipinski definition) is 2. The molecule has 0 aliphatic heterocycles. The van der Waals surface area contributed by atoms with Crippen LogP contribution in [0.5, 0.6) is 0 Å². The van der Waals surface area contributed by atoms with Crippen molar-refractivity contribution in [2.75, 3.05) is 0 Å². The SMILES string of the molecule is Cc1ccc(CNOC(C)(C)C(C)(C)O)cc1. The number of nitrogens with one attached hydrogen (secondary N) is 1. The van der Waals surface area contributed by atoms with Crippen molar-refractivity contribution in [3.63, 3.8) is 0 Å². The number of rotatable bonds is 5. The quantitative estimate of drug-likeness (QED) is 0.773. The lowest BCUT2D eigenvalue weighted by Gasteiger charge is -2.36. The number of aryl methyl sites for hydroxylation is 1. The first-order valence-electron chi connectivity index (χ1n) is 5.91. The molecule has 17 heavy (non-hydrogen) atoms. The van der Waals surface area contributed by atoms with Crippen molar-refractivity contribution in [3.8, 4) is 0 Å². The zero-order chi connectivity index (χ0) is 13.1. The predicted molar refractivity (Wildman–Crippen MR) is 69.5 cm³/mol. The van der Waals surface area contributed by atoms with Crippen LogP contribution in [0.15, 0.2) is 24.3 Å². The Morgan fingerprint density at radius 3 is 2.12 bits per heavy atom. The van der Waals surface area contributed by atoms with Gasteiger partial charge in [0.25, 0.3) is 0 Å². The minimum absolute atomic E-state index is 0.625. The van der Waals surface area contributed by atoms with E-state index in [9.17, 15) is 5.11 Å². The van der Waals surface area contributed by atoms with Crippen LogP contribution in [0.25, 0.3) is 0 Å². The lowest BCUT2D eigenvalue weighted by Crippen LogP contribution is -2.49. The molecular weight excluding hydrogens is 214 g/mol. The molecule has 1 rings (SSSR count). The van der Waals surface area contributed by atoms with E-state index < -0.39 is 11.2 Å². The number of hydrogen-bond acceptors (Lipinski definition) is 3. The van der Waals surface area contributed by atoms with Gasteiger partial charge >= 0.3 is 0 Å². The standard InChI is InChI=1S/C14H23NO2/c1-11-6-8-12(9-7-11)10-15-17-14(4,5)13(2,3)16/h6-9,15-16H,10H2,1-5H3. The van der Waals surface area contributed by atoms with Gasteiger partial charge in [0, 0.05) is 6.54 Å². The molecule has 0 spiro atoms. The summed E-state index contributed by atoms with van der Waals surface area (Å²) in [4.78, 5) is 5.53. The van der Waals surface area contributed by atoms with Gasteiger partial charge in [-0.25, -0.2) is 0 Å². The molecule has 2 N–H and O–H groups in total. The summed E-state index contributed by atoms with van der Waals surface area (Å²) in [7, 11) is 0. The molecule has 0 bridgehead atoms. The molecule has 0 saturated heterocycles. The van der Waals surface area contributed by atoms with E-state index >= 15 is 0 Å². The highest BCUT2D eigenvalue weighted by Crippen LogP contribution is 2.23. The van der Waals surface area contributed by atoms with Gasteiger partial charge in [0.05, 0.1) is 5.60 Å². The largest absolute Gasteiger partial charge is 0.387 e. The molecule has 0 amide bonds. The zero-order valence-corrected chi connectivity index (χ0v) is 11.4. The van der Waals surface area contributed by atoms with Crippen LogP contribution >= 0.6 is 0 Å². The average Bonchev–Trinajstić information content (AvgIpc) is 2.19. The molecule has 96 valence electrons. The van der Waals surface area contributed by atoms with E-state index in [0.29, 0.717) is 6.54 Å². The maximum atomic E-state index is 9.91. The molecule has 3 nitrogen and oxygen atoms in total. The van der Waals surface area contributed by atoms with Crippen LogP contribution in [0.3, 0.4) is 0 Å². The minimum atomic E-state index is -0.896. The summed E-state index contributed by atoms with van der Waals surface area (Å²) < 4.78 is 0. The Balaban J connectivity index is 2.45. The maximum absolute atomic E-state index is 9.91. The van der Waals surface area contributed by atoms with Gasteiger partial charge < -0.3 is 5.11 Å². The van der Waals surface area contributed by atoms with E-state index in [0.717, 1.165) is 5.56 Å². The Morgan fingerprint density at radius 2 is 1.65 bits per heavy atom. The zero-order valence-electron chi connectivity index (χ0n) is 11.4. The van der Waals surface area contributed by atoms with Gasteiger partial charge in [-0.05, 0) is 40.2 Å². The summed E-state index contributed by atoms with van der Waals surface area (Å²) in [6, 6.07) is 8.25. The predicted octanol–water partition coefficient (Wildman–Crippen LogP) is 2.57. The van der Waals surface area contributed by atoms with Gasteiger partial charge in [-0.1, -0.05) is 29.8 Å². The number of aliphatic hydroxyl groups is 1. The highest BCUT2D eigenvalue weighted by molar-refractivity contribution is 5.20. The van der Waals surface area contributed by atoms with Crippen LogP contribution in [0.2, 0.25) is 0 Å². The maximum Gasteiger partial charge on any atom is 0.112 e. The first-order chi connectivity index (χ1) is 7.72. The Kier molecular flexibility index (Phi) is 4.31. The lowest BCUT2D eigenvalue weighted by molar-refractivity contribution is -0.184. The summed E-state index contributed by atoms with van der Waals surface area (Å²) in [5, 5.41) is 9.91. The first kappa shape index (κ1) is 14.2. The summed E-state index contributed by atoms with van der Waals surface area (Å²) in [5.74, 6) is 0. The molecule has 0 heterocycles. The van der Waals surface area contributed by atoms with Gasteiger partial charge in [0.1, 0.15) is 5.60 Å². The van der Waals surface area contributed by atoms with E-state index in [1.54, 1.807) is 13.8 Å². The van der Waals surface area contributed by atoms with Gasteiger partial charge in [-0.2, -0.15) is 5.48 Å². The third-order valence-electron chi connectivity index (χ3n) is 3.20. The highest BCUT2D eigenvalue weighted by Gasteiger charge is 2.36. The van der Waals surface area contributed by atoms with E-state index in [1.165, 1.54) is 5.56 Å². The Bertz CT molecular complexity index is 349. The smallest absolute Gasteiger partial charge is 0.112 e. The van der Waals surface area contributed by atoms with Gasteiger partial charge in [-0.3, -0.25) is 4.84 Å². The number of benzene rings is 1. The molecule has 0 aromatic heterocycles. The van der Waals surface area contributed by atoms with Crippen LogP contribution in [0.4, 0.5) is 0 Å². The van der Waals surface area contributed by atoms with Crippen LogP contribution < -0.4 is 5.48 Å². The molecule has 0 atom stereocenters. The molecular formula is C14H23NO2. The van der Waals surface area contributed by atoms with Crippen LogP contribution in [-0.4, -0.2) is 16.3 Å². The fraction of sp³-hybridized carbons (Fsp3) is 0.571. The van der Waals surface area contributed by atoms with Gasteiger partial charge in [-0.15, -0.1) is 0 Å². The molecule has 0 radical (unpaired) electrons. The molecule has 0 fully saturated rings. The molecule has 0 aliphatic carbocycles. The first-order valence-corrected chi connectivity index (χ1v) is 5.91. The van der Waals surface area contributed by atoms with E-state index in [1.807, 2.05) is 13.8 Å². The second-order valence-corrected chi connectivity index (χ2v) is 5.48. The van der Waals surface area contributed by atoms with Crippen LogP contribution in [0, 0.1) is 6.92 Å². The van der Waals surface area contributed by atoms with Crippen LogP contribution in [-0.2, 0) is 11.4 Å². The second-order valence-electron chi connectivity index (χ2n) is 5.48. The van der Waals surface area contributed by atoms with Crippen molar-refractivity contribution in [3.05, 3.63) is 35.4 Å². The van der Waals surface area contributed by atoms with Crippen molar-refractivity contribution in [2.45, 2.75) is 52.4 Å². The van der Waals surface area contributed by atoms with Crippen molar-refractivity contribution in [2.24, 2.45) is 0 Å². The van der Waals surface area contributed by atoms with Crippen molar-refractivity contribution >= 4 is 0 Å². The van der Waals surface area contributed by atoms with Crippen molar-refractivity contribution in [1.29, 1.82) is 0 Å². The molecule has 3 heteroatoms. The van der Waals surface area contributed by atoms with Crippen LogP contribution in [0.1, 0.15) is 38.8 Å². The monoisotopic (exact) mass is 237 g/mol. The van der Waals surface area contributed by atoms with Gasteiger partial charge in [0.2, 0.25) is 0 Å². The Hall–Kier alpha value is -0.900. The molecule has 0 saturated carbocycles.